The van der Waals surface area contributed by atoms with Gasteiger partial charge in [0.15, 0.2) is 0 Å². The summed E-state index contributed by atoms with van der Waals surface area (Å²) in [7, 11) is 0. The number of halogens is 2. The van der Waals surface area contributed by atoms with Crippen LogP contribution in [0.15, 0.2) is 57.5 Å². The fourth-order valence-corrected chi connectivity index (χ4v) is 3.52. The van der Waals surface area contributed by atoms with Gasteiger partial charge in [-0.15, -0.1) is 0 Å². The van der Waals surface area contributed by atoms with Crippen molar-refractivity contribution in [2.24, 2.45) is 0 Å². The van der Waals surface area contributed by atoms with Crippen LogP contribution < -0.4 is 9.80 Å². The van der Waals surface area contributed by atoms with E-state index in [1.807, 2.05) is 6.92 Å². The van der Waals surface area contributed by atoms with Gasteiger partial charge in [0.1, 0.15) is 0 Å². The van der Waals surface area contributed by atoms with E-state index in [2.05, 4.69) is 31.9 Å². The maximum atomic E-state index is 13.1. The molecule has 0 radical (unpaired) electrons. The van der Waals surface area contributed by atoms with Gasteiger partial charge in [0.2, 0.25) is 5.72 Å². The number of carbonyl (C=O) groups is 2. The van der Waals surface area contributed by atoms with Crippen molar-refractivity contribution in [3.05, 3.63) is 57.5 Å². The van der Waals surface area contributed by atoms with Crippen molar-refractivity contribution in [2.75, 3.05) is 9.80 Å². The largest absolute Gasteiger partial charge is 0.363 e. The molecule has 136 valence electrons. The number of anilines is 2. The van der Waals surface area contributed by atoms with Gasteiger partial charge in [-0.25, -0.2) is 9.69 Å². The van der Waals surface area contributed by atoms with Crippen LogP contribution >= 0.6 is 31.9 Å². The van der Waals surface area contributed by atoms with Gasteiger partial charge in [-0.3, -0.25) is 9.69 Å². The van der Waals surface area contributed by atoms with E-state index in [0.717, 1.165) is 20.3 Å². The molecule has 7 heteroatoms. The summed E-state index contributed by atoms with van der Waals surface area (Å²) in [5.41, 5.74) is -0.990. The van der Waals surface area contributed by atoms with Crippen molar-refractivity contribution in [1.29, 1.82) is 0 Å². The highest BCUT2D eigenvalue weighted by atomic mass is 79.9. The molecule has 2 aromatic rings. The molecule has 26 heavy (non-hydrogen) atoms. The second kappa shape index (κ2) is 7.50. The molecule has 1 fully saturated rings. The third-order valence-electron chi connectivity index (χ3n) is 4.35. The minimum atomic E-state index is -1.89. The van der Waals surface area contributed by atoms with Crippen LogP contribution in [0.5, 0.6) is 0 Å². The molecule has 1 heterocycles. The lowest BCUT2D eigenvalue weighted by atomic mass is 10.0. The number of urea groups is 1. The summed E-state index contributed by atoms with van der Waals surface area (Å²) in [6, 6.07) is 13.3. The molecule has 0 spiro atoms. The number of carbonyl (C=O) groups excluding carboxylic acids is 2. The molecule has 1 aliphatic rings. The SMILES string of the molecule is CCCCC1(O)C(=O)N(c2ccc(Br)cc2)C(=O)N1c1ccc(Br)cc1. The number of imide groups is 1. The number of aliphatic hydroxyl groups is 1. The van der Waals surface area contributed by atoms with E-state index in [4.69, 9.17) is 0 Å². The summed E-state index contributed by atoms with van der Waals surface area (Å²) < 4.78 is 1.69. The van der Waals surface area contributed by atoms with Crippen LogP contribution in [-0.4, -0.2) is 22.8 Å². The minimum Gasteiger partial charge on any atom is -0.363 e. The molecule has 0 bridgehead atoms. The zero-order valence-electron chi connectivity index (χ0n) is 14.2. The number of unbranched alkanes of at least 4 members (excludes halogenated alkanes) is 1. The molecule has 5 nitrogen and oxygen atoms in total. The molecule has 1 unspecified atom stereocenters. The first kappa shape index (κ1) is 19.1. The van der Waals surface area contributed by atoms with Crippen LogP contribution in [0, 0.1) is 0 Å². The van der Waals surface area contributed by atoms with E-state index in [1.54, 1.807) is 48.5 Å². The fourth-order valence-electron chi connectivity index (χ4n) is 2.99. The quantitative estimate of drug-likeness (QED) is 0.607. The number of hydrogen-bond acceptors (Lipinski definition) is 3. The first-order valence-electron chi connectivity index (χ1n) is 8.30. The lowest BCUT2D eigenvalue weighted by Crippen LogP contribution is -2.50. The van der Waals surface area contributed by atoms with Crippen molar-refractivity contribution in [3.8, 4) is 0 Å². The summed E-state index contributed by atoms with van der Waals surface area (Å²) in [6.45, 7) is 1.97. The van der Waals surface area contributed by atoms with Gasteiger partial charge in [-0.1, -0.05) is 45.2 Å². The summed E-state index contributed by atoms with van der Waals surface area (Å²) in [6.07, 6.45) is 1.60. The Morgan fingerprint density at radius 2 is 1.42 bits per heavy atom. The molecule has 3 amide bonds. The average Bonchev–Trinajstić information content (AvgIpc) is 2.82. The Bertz CT molecular complexity index is 824. The minimum absolute atomic E-state index is 0.178. The molecular formula is C19H18Br2N2O3. The Morgan fingerprint density at radius 3 is 1.92 bits per heavy atom. The summed E-state index contributed by atoms with van der Waals surface area (Å²) in [5, 5.41) is 11.2. The first-order valence-corrected chi connectivity index (χ1v) is 9.89. The van der Waals surface area contributed by atoms with Gasteiger partial charge in [0, 0.05) is 21.1 Å². The number of hydrogen-bond donors (Lipinski definition) is 1. The van der Waals surface area contributed by atoms with Gasteiger partial charge in [-0.2, -0.15) is 0 Å². The van der Waals surface area contributed by atoms with E-state index < -0.39 is 17.7 Å². The monoisotopic (exact) mass is 480 g/mol. The van der Waals surface area contributed by atoms with E-state index >= 15 is 0 Å². The Kier molecular flexibility index (Phi) is 5.50. The summed E-state index contributed by atoms with van der Waals surface area (Å²) >= 11 is 6.70. The van der Waals surface area contributed by atoms with Crippen LogP contribution in [0.4, 0.5) is 16.2 Å². The maximum absolute atomic E-state index is 13.1. The molecule has 3 rings (SSSR count). The zero-order valence-corrected chi connectivity index (χ0v) is 17.3. The molecule has 1 saturated heterocycles. The zero-order chi connectivity index (χ0) is 18.9. The summed E-state index contributed by atoms with van der Waals surface area (Å²) in [4.78, 5) is 28.4. The van der Waals surface area contributed by atoms with Gasteiger partial charge in [-0.05, 0) is 55.0 Å². The van der Waals surface area contributed by atoms with E-state index in [1.165, 1.54) is 4.90 Å². The lowest BCUT2D eigenvalue weighted by molar-refractivity contribution is -0.133. The maximum Gasteiger partial charge on any atom is 0.338 e. The Morgan fingerprint density at radius 1 is 0.923 bits per heavy atom. The smallest absolute Gasteiger partial charge is 0.338 e. The third kappa shape index (κ3) is 3.31. The standard InChI is InChI=1S/C19H18Br2N2O3/c1-2-3-12-19(26)17(24)22(15-8-4-13(20)5-9-15)18(25)23(19)16-10-6-14(21)7-11-16/h4-11,26H,2-3,12H2,1H3. The second-order valence-corrected chi connectivity index (χ2v) is 7.96. The Hall–Kier alpha value is -1.70. The number of rotatable bonds is 5. The van der Waals surface area contributed by atoms with Crippen LogP contribution in [-0.2, 0) is 4.79 Å². The van der Waals surface area contributed by atoms with Crippen molar-refractivity contribution in [1.82, 2.24) is 0 Å². The summed E-state index contributed by atoms with van der Waals surface area (Å²) in [5.74, 6) is -0.624. The van der Waals surface area contributed by atoms with E-state index in [-0.39, 0.29) is 6.42 Å². The molecule has 1 atom stereocenters. The van der Waals surface area contributed by atoms with Crippen molar-refractivity contribution in [2.45, 2.75) is 31.9 Å². The van der Waals surface area contributed by atoms with Crippen molar-refractivity contribution >= 4 is 55.2 Å². The highest BCUT2D eigenvalue weighted by molar-refractivity contribution is 9.10. The number of benzene rings is 2. The van der Waals surface area contributed by atoms with Gasteiger partial charge >= 0.3 is 6.03 Å². The first-order chi connectivity index (χ1) is 12.4. The highest BCUT2D eigenvalue weighted by Gasteiger charge is 2.57. The molecule has 2 aromatic carbocycles. The Labute approximate surface area is 168 Å². The lowest BCUT2D eigenvalue weighted by Gasteiger charge is -2.30. The highest BCUT2D eigenvalue weighted by Crippen LogP contribution is 2.38. The molecule has 0 saturated carbocycles. The number of nitrogens with zero attached hydrogens (tertiary/aromatic N) is 2. The van der Waals surface area contributed by atoms with Gasteiger partial charge in [0.05, 0.1) is 5.69 Å². The van der Waals surface area contributed by atoms with Gasteiger partial charge < -0.3 is 5.11 Å². The topological polar surface area (TPSA) is 60.9 Å². The van der Waals surface area contributed by atoms with Crippen LogP contribution in [0.25, 0.3) is 0 Å². The third-order valence-corrected chi connectivity index (χ3v) is 5.40. The van der Waals surface area contributed by atoms with E-state index in [9.17, 15) is 14.7 Å². The van der Waals surface area contributed by atoms with Gasteiger partial charge in [0.25, 0.3) is 5.91 Å². The fraction of sp³-hybridized carbons (Fsp3) is 0.263. The molecule has 0 aliphatic carbocycles. The van der Waals surface area contributed by atoms with E-state index in [0.29, 0.717) is 17.8 Å². The molecule has 1 aliphatic heterocycles. The normalized spacial score (nSPS) is 20.2. The van der Waals surface area contributed by atoms with Crippen LogP contribution in [0.1, 0.15) is 26.2 Å². The van der Waals surface area contributed by atoms with Crippen molar-refractivity contribution < 1.29 is 14.7 Å². The van der Waals surface area contributed by atoms with Crippen LogP contribution in [0.2, 0.25) is 0 Å². The molecule has 1 N–H and O–H groups in total. The average molecular weight is 482 g/mol. The second-order valence-electron chi connectivity index (χ2n) is 6.13. The van der Waals surface area contributed by atoms with Crippen LogP contribution in [0.3, 0.4) is 0 Å². The predicted molar refractivity (Wildman–Crippen MR) is 108 cm³/mol. The molecular weight excluding hydrogens is 464 g/mol. The predicted octanol–water partition coefficient (Wildman–Crippen LogP) is 5.06. The van der Waals surface area contributed by atoms with Crippen molar-refractivity contribution in [3.63, 3.8) is 0 Å². The molecule has 0 aromatic heterocycles. The Balaban J connectivity index is 2.07. The number of amides is 3.